The molecule has 0 aliphatic rings. The zero-order valence-electron chi connectivity index (χ0n) is 10.0. The zero-order valence-corrected chi connectivity index (χ0v) is 10.8. The van der Waals surface area contributed by atoms with Gasteiger partial charge in [0.25, 0.3) is 0 Å². The fourth-order valence-corrected chi connectivity index (χ4v) is 2.24. The number of hydrogen-bond donors (Lipinski definition) is 1. The van der Waals surface area contributed by atoms with Crippen LogP contribution in [0, 0.1) is 0 Å². The summed E-state index contributed by atoms with van der Waals surface area (Å²) in [5.41, 5.74) is 8.39. The van der Waals surface area contributed by atoms with Gasteiger partial charge in [-0.05, 0) is 6.07 Å². The van der Waals surface area contributed by atoms with Crippen molar-refractivity contribution in [3.05, 3.63) is 59.6 Å². The van der Waals surface area contributed by atoms with Crippen molar-refractivity contribution < 1.29 is 4.52 Å². The average Bonchev–Trinajstić information content (AvgIpc) is 2.82. The zero-order chi connectivity index (χ0) is 13.2. The van der Waals surface area contributed by atoms with Gasteiger partial charge in [0.1, 0.15) is 0 Å². The molecule has 0 unspecified atom stereocenters. The number of rotatable bonds is 2. The molecule has 0 bridgehead atoms. The van der Waals surface area contributed by atoms with Crippen molar-refractivity contribution in [1.29, 1.82) is 0 Å². The summed E-state index contributed by atoms with van der Waals surface area (Å²) in [7, 11) is 0. The molecule has 94 valence electrons. The first kappa shape index (κ1) is 11.8. The SMILES string of the molecule is Nc1noc(-c2ccccc2)c1-c1ccccc1Cl. The third-order valence-electron chi connectivity index (χ3n) is 2.90. The molecule has 0 saturated heterocycles. The van der Waals surface area contributed by atoms with Gasteiger partial charge in [-0.3, -0.25) is 0 Å². The Kier molecular flexibility index (Phi) is 2.97. The van der Waals surface area contributed by atoms with Crippen LogP contribution in [-0.4, -0.2) is 5.16 Å². The number of aromatic nitrogens is 1. The number of hydrogen-bond acceptors (Lipinski definition) is 3. The van der Waals surface area contributed by atoms with E-state index >= 15 is 0 Å². The van der Waals surface area contributed by atoms with Crippen molar-refractivity contribution in [2.24, 2.45) is 0 Å². The minimum Gasteiger partial charge on any atom is -0.380 e. The molecule has 3 rings (SSSR count). The fourth-order valence-electron chi connectivity index (χ4n) is 2.01. The van der Waals surface area contributed by atoms with Gasteiger partial charge in [0.15, 0.2) is 11.6 Å². The van der Waals surface area contributed by atoms with Crippen LogP contribution >= 0.6 is 11.6 Å². The van der Waals surface area contributed by atoms with Gasteiger partial charge in [-0.2, -0.15) is 0 Å². The monoisotopic (exact) mass is 270 g/mol. The first-order valence-corrected chi connectivity index (χ1v) is 6.20. The summed E-state index contributed by atoms with van der Waals surface area (Å²) in [6.07, 6.45) is 0. The maximum atomic E-state index is 6.22. The molecule has 0 aliphatic heterocycles. The van der Waals surface area contributed by atoms with Crippen molar-refractivity contribution in [3.8, 4) is 22.5 Å². The number of nitrogens with two attached hydrogens (primary N) is 1. The van der Waals surface area contributed by atoms with E-state index < -0.39 is 0 Å². The molecule has 0 fully saturated rings. The average molecular weight is 271 g/mol. The first-order valence-electron chi connectivity index (χ1n) is 5.83. The summed E-state index contributed by atoms with van der Waals surface area (Å²) < 4.78 is 5.36. The molecular formula is C15H11ClN2O. The van der Waals surface area contributed by atoms with E-state index in [1.807, 2.05) is 54.6 Å². The molecule has 0 radical (unpaired) electrons. The number of anilines is 1. The van der Waals surface area contributed by atoms with Gasteiger partial charge in [-0.15, -0.1) is 0 Å². The van der Waals surface area contributed by atoms with Crippen LogP contribution in [0.25, 0.3) is 22.5 Å². The van der Waals surface area contributed by atoms with E-state index in [-0.39, 0.29) is 0 Å². The molecule has 3 aromatic rings. The Hall–Kier alpha value is -2.26. The highest BCUT2D eigenvalue weighted by Gasteiger charge is 2.19. The smallest absolute Gasteiger partial charge is 0.176 e. The van der Waals surface area contributed by atoms with Crippen molar-refractivity contribution in [2.75, 3.05) is 5.73 Å². The van der Waals surface area contributed by atoms with Gasteiger partial charge in [0.2, 0.25) is 0 Å². The quantitative estimate of drug-likeness (QED) is 0.757. The second-order valence-electron chi connectivity index (χ2n) is 4.12. The molecule has 3 nitrogen and oxygen atoms in total. The summed E-state index contributed by atoms with van der Waals surface area (Å²) >= 11 is 6.22. The predicted molar refractivity (Wildman–Crippen MR) is 76.8 cm³/mol. The Labute approximate surface area is 115 Å². The molecule has 0 saturated carbocycles. The molecule has 1 heterocycles. The van der Waals surface area contributed by atoms with E-state index in [4.69, 9.17) is 21.9 Å². The molecule has 0 aliphatic carbocycles. The standard InChI is InChI=1S/C15H11ClN2O/c16-12-9-5-4-8-11(12)13-14(19-18-15(13)17)10-6-2-1-3-7-10/h1-9H,(H2,17,18). The van der Waals surface area contributed by atoms with Crippen LogP contribution < -0.4 is 5.73 Å². The van der Waals surface area contributed by atoms with Gasteiger partial charge in [0.05, 0.1) is 5.56 Å². The van der Waals surface area contributed by atoms with Crippen molar-refractivity contribution in [3.63, 3.8) is 0 Å². The molecule has 2 N–H and O–H groups in total. The first-order chi connectivity index (χ1) is 9.27. The highest BCUT2D eigenvalue weighted by atomic mass is 35.5. The van der Waals surface area contributed by atoms with Crippen LogP contribution in [0.15, 0.2) is 59.1 Å². The molecule has 0 amide bonds. The summed E-state index contributed by atoms with van der Waals surface area (Å²) in [5.74, 6) is 0.971. The molecule has 19 heavy (non-hydrogen) atoms. The summed E-state index contributed by atoms with van der Waals surface area (Å²) in [4.78, 5) is 0. The third kappa shape index (κ3) is 2.09. The van der Waals surface area contributed by atoms with Crippen molar-refractivity contribution >= 4 is 17.4 Å². The van der Waals surface area contributed by atoms with E-state index in [2.05, 4.69) is 5.16 Å². The molecule has 1 aromatic heterocycles. The van der Waals surface area contributed by atoms with E-state index in [1.165, 1.54) is 0 Å². The Morgan fingerprint density at radius 2 is 1.63 bits per heavy atom. The Morgan fingerprint density at radius 3 is 2.37 bits per heavy atom. The third-order valence-corrected chi connectivity index (χ3v) is 3.23. The molecular weight excluding hydrogens is 260 g/mol. The topological polar surface area (TPSA) is 52.0 Å². The number of nitrogen functional groups attached to an aromatic ring is 1. The molecule has 4 heteroatoms. The van der Waals surface area contributed by atoms with Crippen molar-refractivity contribution in [2.45, 2.75) is 0 Å². The Bertz CT molecular complexity index is 707. The van der Waals surface area contributed by atoms with Gasteiger partial charge >= 0.3 is 0 Å². The van der Waals surface area contributed by atoms with Gasteiger partial charge in [-0.1, -0.05) is 65.3 Å². The van der Waals surface area contributed by atoms with Crippen LogP contribution in [0.1, 0.15) is 0 Å². The van der Waals surface area contributed by atoms with Crippen LogP contribution in [-0.2, 0) is 0 Å². The van der Waals surface area contributed by atoms with E-state index in [9.17, 15) is 0 Å². The van der Waals surface area contributed by atoms with Crippen LogP contribution in [0.2, 0.25) is 5.02 Å². The van der Waals surface area contributed by atoms with Crippen LogP contribution in [0.4, 0.5) is 5.82 Å². The van der Waals surface area contributed by atoms with E-state index in [0.717, 1.165) is 16.7 Å². The molecule has 0 atom stereocenters. The van der Waals surface area contributed by atoms with Crippen molar-refractivity contribution in [1.82, 2.24) is 5.16 Å². The lowest BCUT2D eigenvalue weighted by Crippen LogP contribution is -1.89. The van der Waals surface area contributed by atoms with Gasteiger partial charge in [0, 0.05) is 16.1 Å². The second kappa shape index (κ2) is 4.78. The summed E-state index contributed by atoms with van der Waals surface area (Å²) in [6, 6.07) is 17.2. The highest BCUT2D eigenvalue weighted by molar-refractivity contribution is 6.33. The minimum atomic E-state index is 0.340. The van der Waals surface area contributed by atoms with E-state index in [0.29, 0.717) is 16.6 Å². The van der Waals surface area contributed by atoms with E-state index in [1.54, 1.807) is 0 Å². The number of halogens is 1. The lowest BCUT2D eigenvalue weighted by molar-refractivity contribution is 0.436. The van der Waals surface area contributed by atoms with Crippen LogP contribution in [0.3, 0.4) is 0 Å². The molecule has 0 spiro atoms. The van der Waals surface area contributed by atoms with Gasteiger partial charge < -0.3 is 10.3 Å². The lowest BCUT2D eigenvalue weighted by atomic mass is 10.0. The highest BCUT2D eigenvalue weighted by Crippen LogP contribution is 2.39. The number of nitrogens with zero attached hydrogens (tertiary/aromatic N) is 1. The molecule has 2 aromatic carbocycles. The maximum absolute atomic E-state index is 6.22. The lowest BCUT2D eigenvalue weighted by Gasteiger charge is -2.04. The Morgan fingerprint density at radius 1 is 0.947 bits per heavy atom. The number of benzene rings is 2. The fraction of sp³-hybridized carbons (Fsp3) is 0. The Balaban J connectivity index is 2.23. The normalized spacial score (nSPS) is 10.6. The largest absolute Gasteiger partial charge is 0.380 e. The summed E-state index contributed by atoms with van der Waals surface area (Å²) in [6.45, 7) is 0. The summed E-state index contributed by atoms with van der Waals surface area (Å²) in [5, 5.41) is 4.47. The van der Waals surface area contributed by atoms with Gasteiger partial charge in [-0.25, -0.2) is 0 Å². The second-order valence-corrected chi connectivity index (χ2v) is 4.53. The predicted octanol–water partition coefficient (Wildman–Crippen LogP) is 4.24. The van der Waals surface area contributed by atoms with Crippen LogP contribution in [0.5, 0.6) is 0 Å². The minimum absolute atomic E-state index is 0.340. The maximum Gasteiger partial charge on any atom is 0.176 e.